The number of hydrogen-bond donors (Lipinski definition) is 1. The first-order valence-corrected chi connectivity index (χ1v) is 3.69. The summed E-state index contributed by atoms with van der Waals surface area (Å²) in [6.07, 6.45) is 0.894. The zero-order valence-corrected chi connectivity index (χ0v) is 7.64. The standard InChI is InChI=1S/C8H16N2O/c1-5-6(2)7(3)8(11)10(4)9/h5,9H2,1-4H3/b7-6-. The molecule has 0 aromatic rings. The van der Waals surface area contributed by atoms with E-state index in [9.17, 15) is 4.79 Å². The predicted molar refractivity (Wildman–Crippen MR) is 45.6 cm³/mol. The summed E-state index contributed by atoms with van der Waals surface area (Å²) in [6, 6.07) is 0. The highest BCUT2D eigenvalue weighted by Crippen LogP contribution is 2.07. The van der Waals surface area contributed by atoms with Crippen molar-refractivity contribution in [3.63, 3.8) is 0 Å². The van der Waals surface area contributed by atoms with Crippen molar-refractivity contribution in [2.75, 3.05) is 7.05 Å². The average molecular weight is 156 g/mol. The van der Waals surface area contributed by atoms with Crippen LogP contribution in [0.4, 0.5) is 0 Å². The van der Waals surface area contributed by atoms with Crippen LogP contribution in [0.3, 0.4) is 0 Å². The van der Waals surface area contributed by atoms with E-state index in [1.807, 2.05) is 13.8 Å². The lowest BCUT2D eigenvalue weighted by atomic mass is 10.1. The van der Waals surface area contributed by atoms with Gasteiger partial charge in [-0.15, -0.1) is 0 Å². The van der Waals surface area contributed by atoms with Crippen molar-refractivity contribution in [2.24, 2.45) is 5.84 Å². The molecule has 1 amide bonds. The molecule has 0 heterocycles. The van der Waals surface area contributed by atoms with E-state index in [-0.39, 0.29) is 5.91 Å². The number of likely N-dealkylation sites (N-methyl/N-ethyl adjacent to an activating group) is 1. The molecule has 3 heteroatoms. The first kappa shape index (κ1) is 10.2. The molecule has 0 rings (SSSR count). The van der Waals surface area contributed by atoms with E-state index in [0.717, 1.165) is 22.6 Å². The van der Waals surface area contributed by atoms with Crippen LogP contribution < -0.4 is 5.84 Å². The summed E-state index contributed by atoms with van der Waals surface area (Å²) in [7, 11) is 1.55. The molecular weight excluding hydrogens is 140 g/mol. The van der Waals surface area contributed by atoms with Gasteiger partial charge in [0.25, 0.3) is 5.91 Å². The fourth-order valence-electron chi connectivity index (χ4n) is 0.712. The number of hydrazine groups is 1. The Hall–Kier alpha value is -0.830. The van der Waals surface area contributed by atoms with Crippen molar-refractivity contribution >= 4 is 5.91 Å². The number of carbonyl (C=O) groups is 1. The van der Waals surface area contributed by atoms with E-state index in [1.165, 1.54) is 0 Å². The van der Waals surface area contributed by atoms with Crippen molar-refractivity contribution in [3.8, 4) is 0 Å². The molecule has 0 aromatic heterocycles. The van der Waals surface area contributed by atoms with Gasteiger partial charge in [0, 0.05) is 12.6 Å². The van der Waals surface area contributed by atoms with Crippen LogP contribution in [0.1, 0.15) is 27.2 Å². The van der Waals surface area contributed by atoms with Gasteiger partial charge in [-0.3, -0.25) is 9.80 Å². The van der Waals surface area contributed by atoms with Gasteiger partial charge in [-0.2, -0.15) is 0 Å². The summed E-state index contributed by atoms with van der Waals surface area (Å²) in [4.78, 5) is 11.2. The Morgan fingerprint density at radius 1 is 1.45 bits per heavy atom. The number of hydrogen-bond acceptors (Lipinski definition) is 2. The van der Waals surface area contributed by atoms with Crippen LogP contribution in [0.2, 0.25) is 0 Å². The summed E-state index contributed by atoms with van der Waals surface area (Å²) in [6.45, 7) is 5.75. The van der Waals surface area contributed by atoms with E-state index < -0.39 is 0 Å². The molecule has 0 aromatic carbocycles. The van der Waals surface area contributed by atoms with Crippen LogP contribution in [0.15, 0.2) is 11.1 Å². The first-order valence-electron chi connectivity index (χ1n) is 3.69. The maximum atomic E-state index is 11.2. The fraction of sp³-hybridized carbons (Fsp3) is 0.625. The van der Waals surface area contributed by atoms with Gasteiger partial charge in [-0.1, -0.05) is 12.5 Å². The second-order valence-electron chi connectivity index (χ2n) is 2.67. The maximum absolute atomic E-state index is 11.2. The molecule has 0 aliphatic carbocycles. The van der Waals surface area contributed by atoms with Crippen LogP contribution in [-0.2, 0) is 4.79 Å². The van der Waals surface area contributed by atoms with E-state index in [1.54, 1.807) is 14.0 Å². The van der Waals surface area contributed by atoms with Gasteiger partial charge in [0.2, 0.25) is 0 Å². The maximum Gasteiger partial charge on any atom is 0.263 e. The zero-order valence-electron chi connectivity index (χ0n) is 7.64. The third-order valence-electron chi connectivity index (χ3n) is 1.81. The second kappa shape index (κ2) is 4.13. The molecule has 0 saturated heterocycles. The van der Waals surface area contributed by atoms with Crippen LogP contribution in [0, 0.1) is 0 Å². The minimum absolute atomic E-state index is 0.107. The number of nitrogens with two attached hydrogens (primary N) is 1. The molecule has 2 N–H and O–H groups in total. The smallest absolute Gasteiger partial charge is 0.263 e. The van der Waals surface area contributed by atoms with Gasteiger partial charge in [-0.05, 0) is 20.3 Å². The van der Waals surface area contributed by atoms with Gasteiger partial charge < -0.3 is 0 Å². The molecule has 11 heavy (non-hydrogen) atoms. The first-order chi connectivity index (χ1) is 5.00. The lowest BCUT2D eigenvalue weighted by molar-refractivity contribution is -0.126. The third-order valence-corrected chi connectivity index (χ3v) is 1.81. The Morgan fingerprint density at radius 3 is 2.18 bits per heavy atom. The lowest BCUT2D eigenvalue weighted by Gasteiger charge is -2.11. The molecule has 0 atom stereocenters. The van der Waals surface area contributed by atoms with E-state index >= 15 is 0 Å². The minimum atomic E-state index is -0.107. The van der Waals surface area contributed by atoms with Crippen LogP contribution >= 0.6 is 0 Å². The number of allylic oxidation sites excluding steroid dienone is 1. The third kappa shape index (κ3) is 2.72. The Bertz CT molecular complexity index is 183. The van der Waals surface area contributed by atoms with Crippen molar-refractivity contribution < 1.29 is 4.79 Å². The largest absolute Gasteiger partial charge is 0.280 e. The average Bonchev–Trinajstić information content (AvgIpc) is 2.00. The number of carbonyl (C=O) groups excluding carboxylic acids is 1. The highest BCUT2D eigenvalue weighted by atomic mass is 16.2. The topological polar surface area (TPSA) is 46.3 Å². The van der Waals surface area contributed by atoms with Gasteiger partial charge in [0.1, 0.15) is 0 Å². The van der Waals surface area contributed by atoms with Crippen LogP contribution in [0.5, 0.6) is 0 Å². The Labute approximate surface area is 67.8 Å². The molecule has 0 aliphatic heterocycles. The number of rotatable bonds is 2. The van der Waals surface area contributed by atoms with E-state index in [0.29, 0.717) is 0 Å². The molecule has 0 bridgehead atoms. The molecule has 0 spiro atoms. The molecule has 0 aliphatic rings. The van der Waals surface area contributed by atoms with Crippen LogP contribution in [0.25, 0.3) is 0 Å². The van der Waals surface area contributed by atoms with Gasteiger partial charge in [-0.25, -0.2) is 5.84 Å². The Morgan fingerprint density at radius 2 is 1.91 bits per heavy atom. The van der Waals surface area contributed by atoms with E-state index in [4.69, 9.17) is 5.84 Å². The molecule has 0 fully saturated rings. The molecule has 0 radical (unpaired) electrons. The highest BCUT2D eigenvalue weighted by Gasteiger charge is 2.08. The molecule has 64 valence electrons. The van der Waals surface area contributed by atoms with E-state index in [2.05, 4.69) is 0 Å². The molecule has 0 unspecified atom stereocenters. The second-order valence-corrected chi connectivity index (χ2v) is 2.67. The molecule has 3 nitrogen and oxygen atoms in total. The quantitative estimate of drug-likeness (QED) is 0.281. The van der Waals surface area contributed by atoms with Crippen molar-refractivity contribution in [3.05, 3.63) is 11.1 Å². The SMILES string of the molecule is CC/C(C)=C(/C)C(=O)N(C)N. The monoisotopic (exact) mass is 156 g/mol. The van der Waals surface area contributed by atoms with Gasteiger partial charge in [0.15, 0.2) is 0 Å². The Balaban J connectivity index is 4.47. The minimum Gasteiger partial charge on any atom is -0.280 e. The van der Waals surface area contributed by atoms with Crippen molar-refractivity contribution in [1.82, 2.24) is 5.01 Å². The fourth-order valence-corrected chi connectivity index (χ4v) is 0.712. The predicted octanol–water partition coefficient (Wildman–Crippen LogP) is 1.06. The summed E-state index contributed by atoms with van der Waals surface area (Å²) < 4.78 is 0. The summed E-state index contributed by atoms with van der Waals surface area (Å²) >= 11 is 0. The Kier molecular flexibility index (Phi) is 3.82. The van der Waals surface area contributed by atoms with Crippen molar-refractivity contribution in [1.29, 1.82) is 0 Å². The van der Waals surface area contributed by atoms with Crippen LogP contribution in [-0.4, -0.2) is 18.0 Å². The molecule has 0 saturated carbocycles. The van der Waals surface area contributed by atoms with Gasteiger partial charge >= 0.3 is 0 Å². The zero-order chi connectivity index (χ0) is 9.02. The highest BCUT2D eigenvalue weighted by molar-refractivity contribution is 5.92. The lowest BCUT2D eigenvalue weighted by Crippen LogP contribution is -2.34. The van der Waals surface area contributed by atoms with Gasteiger partial charge in [0.05, 0.1) is 0 Å². The molecular formula is C8H16N2O. The normalized spacial score (nSPS) is 12.5. The summed E-state index contributed by atoms with van der Waals surface area (Å²) in [5.41, 5.74) is 1.84. The summed E-state index contributed by atoms with van der Waals surface area (Å²) in [5.74, 6) is 5.17. The summed E-state index contributed by atoms with van der Waals surface area (Å²) in [5, 5.41) is 1.11. The number of amides is 1. The number of nitrogens with zero attached hydrogens (tertiary/aromatic N) is 1. The van der Waals surface area contributed by atoms with Crippen molar-refractivity contribution in [2.45, 2.75) is 27.2 Å².